The number of ketones is 1. The van der Waals surface area contributed by atoms with E-state index in [0.29, 0.717) is 6.29 Å². The minimum Gasteiger partial charge on any atom is -0.304 e. The van der Waals surface area contributed by atoms with Crippen molar-refractivity contribution in [2.45, 2.75) is 20.8 Å². The molecule has 3 nitrogen and oxygen atoms in total. The van der Waals surface area contributed by atoms with Crippen molar-refractivity contribution in [3.63, 3.8) is 0 Å². The van der Waals surface area contributed by atoms with Crippen LogP contribution in [-0.4, -0.2) is 18.4 Å². The molecular weight excluding hydrogens is 144 g/mol. The van der Waals surface area contributed by atoms with Crippen molar-refractivity contribution in [1.29, 1.82) is 0 Å². The van der Waals surface area contributed by atoms with Crippen LogP contribution in [0.25, 0.3) is 0 Å². The van der Waals surface area contributed by atoms with E-state index in [1.54, 1.807) is 0 Å². The summed E-state index contributed by atoms with van der Waals surface area (Å²) in [4.78, 5) is 27.3. The van der Waals surface area contributed by atoms with E-state index in [2.05, 4.69) is 6.58 Å². The number of hydrogen-bond acceptors (Lipinski definition) is 3. The first-order valence-electron chi connectivity index (χ1n) is 2.99. The molecule has 0 heterocycles. The molecule has 0 amide bonds. The van der Waals surface area contributed by atoms with Crippen LogP contribution in [0.3, 0.4) is 0 Å². The highest BCUT2D eigenvalue weighted by Crippen LogP contribution is 1.50. The summed E-state index contributed by atoms with van der Waals surface area (Å²) < 4.78 is 0. The molecular formula is C8H14O3. The lowest BCUT2D eigenvalue weighted by molar-refractivity contribution is -0.115. The maximum absolute atomic E-state index is 9.44. The maximum Gasteiger partial charge on any atom is 0.142 e. The van der Waals surface area contributed by atoms with Crippen molar-refractivity contribution in [2.24, 2.45) is 0 Å². The number of aldehydes is 2. The Kier molecular flexibility index (Phi) is 34.7. The molecule has 0 aromatic heterocycles. The van der Waals surface area contributed by atoms with Gasteiger partial charge < -0.3 is 9.59 Å². The lowest BCUT2D eigenvalue weighted by Gasteiger charge is -1.56. The molecule has 0 aliphatic heterocycles. The van der Waals surface area contributed by atoms with Crippen LogP contribution in [0.4, 0.5) is 0 Å². The summed E-state index contributed by atoms with van der Waals surface area (Å²) in [7, 11) is 0. The van der Waals surface area contributed by atoms with Gasteiger partial charge in [0.25, 0.3) is 0 Å². The monoisotopic (exact) mass is 158 g/mol. The zero-order chi connectivity index (χ0) is 9.70. The van der Waals surface area contributed by atoms with E-state index in [-0.39, 0.29) is 5.78 Å². The number of carbonyl (C=O) groups excluding carboxylic acids is 3. The smallest absolute Gasteiger partial charge is 0.142 e. The second-order valence-corrected chi connectivity index (χ2v) is 1.52. The van der Waals surface area contributed by atoms with Gasteiger partial charge in [0, 0.05) is 0 Å². The number of hydrogen-bond donors (Lipinski definition) is 0. The fourth-order valence-electron chi connectivity index (χ4n) is 0. The van der Waals surface area contributed by atoms with Crippen molar-refractivity contribution < 1.29 is 14.4 Å². The molecule has 0 saturated carbocycles. The molecule has 3 heteroatoms. The molecule has 0 radical (unpaired) electrons. The van der Waals surface area contributed by atoms with Crippen LogP contribution < -0.4 is 0 Å². The lowest BCUT2D eigenvalue weighted by atomic mass is 10.6. The van der Waals surface area contributed by atoms with Gasteiger partial charge in [-0.3, -0.25) is 4.79 Å². The van der Waals surface area contributed by atoms with E-state index in [0.717, 1.165) is 6.29 Å². The molecule has 0 bridgehead atoms. The van der Waals surface area contributed by atoms with Crippen molar-refractivity contribution in [3.8, 4) is 0 Å². The topological polar surface area (TPSA) is 51.2 Å². The van der Waals surface area contributed by atoms with Crippen LogP contribution in [0, 0.1) is 0 Å². The standard InChI is InChI=1S/C3H6O.C3H4O.C2H4O/c1-3(2)4;1-2-3-4;1-2-3/h1-2H3;2-3H,1H2;2H,1H3. The zero-order valence-electron chi connectivity index (χ0n) is 7.16. The largest absolute Gasteiger partial charge is 0.304 e. The third-order valence-corrected chi connectivity index (χ3v) is 0.0962. The van der Waals surface area contributed by atoms with Gasteiger partial charge in [0.15, 0.2) is 0 Å². The average Bonchev–Trinajstić information content (AvgIpc) is 1.88. The van der Waals surface area contributed by atoms with Crippen molar-refractivity contribution in [3.05, 3.63) is 12.7 Å². The molecule has 0 fully saturated rings. The minimum atomic E-state index is 0.167. The van der Waals surface area contributed by atoms with Gasteiger partial charge in [-0.1, -0.05) is 6.58 Å². The molecule has 0 spiro atoms. The molecule has 0 N–H and O–H groups in total. The van der Waals surface area contributed by atoms with Gasteiger partial charge in [0.05, 0.1) is 0 Å². The van der Waals surface area contributed by atoms with Crippen molar-refractivity contribution in [2.75, 3.05) is 0 Å². The molecule has 0 unspecified atom stereocenters. The number of carbonyl (C=O) groups is 3. The second-order valence-electron chi connectivity index (χ2n) is 1.52. The maximum atomic E-state index is 9.44. The Hall–Kier alpha value is -1.25. The lowest BCUT2D eigenvalue weighted by Crippen LogP contribution is -1.69. The van der Waals surface area contributed by atoms with E-state index < -0.39 is 0 Å². The van der Waals surface area contributed by atoms with Crippen molar-refractivity contribution in [1.82, 2.24) is 0 Å². The van der Waals surface area contributed by atoms with E-state index in [1.807, 2.05) is 0 Å². The molecule has 0 aromatic rings. The van der Waals surface area contributed by atoms with Crippen LogP contribution in [0.1, 0.15) is 20.8 Å². The van der Waals surface area contributed by atoms with Crippen LogP contribution in [0.5, 0.6) is 0 Å². The average molecular weight is 158 g/mol. The van der Waals surface area contributed by atoms with Crippen molar-refractivity contribution >= 4 is 18.4 Å². The highest BCUT2D eigenvalue weighted by molar-refractivity contribution is 5.72. The highest BCUT2D eigenvalue weighted by atomic mass is 16.1. The van der Waals surface area contributed by atoms with E-state index in [9.17, 15) is 4.79 Å². The normalized spacial score (nSPS) is 5.36. The van der Waals surface area contributed by atoms with Crippen LogP contribution in [0.15, 0.2) is 12.7 Å². The molecule has 0 atom stereocenters. The molecule has 0 aliphatic carbocycles. The van der Waals surface area contributed by atoms with Gasteiger partial charge in [-0.05, 0) is 26.8 Å². The van der Waals surface area contributed by atoms with Crippen LogP contribution in [-0.2, 0) is 14.4 Å². The quantitative estimate of drug-likeness (QED) is 0.425. The summed E-state index contributed by atoms with van der Waals surface area (Å²) in [6.45, 7) is 7.61. The van der Waals surface area contributed by atoms with Gasteiger partial charge in [0.2, 0.25) is 0 Å². The summed E-state index contributed by atoms with van der Waals surface area (Å²) in [6, 6.07) is 0. The third kappa shape index (κ3) is 6380. The zero-order valence-corrected chi connectivity index (χ0v) is 7.16. The fraction of sp³-hybridized carbons (Fsp3) is 0.375. The molecule has 0 aromatic carbocycles. The molecule has 0 rings (SSSR count). The van der Waals surface area contributed by atoms with Gasteiger partial charge >= 0.3 is 0 Å². The Morgan fingerprint density at radius 1 is 1.27 bits per heavy atom. The summed E-state index contributed by atoms with van der Waals surface area (Å²) in [5, 5.41) is 0. The summed E-state index contributed by atoms with van der Waals surface area (Å²) in [6.07, 6.45) is 2.58. The number of rotatable bonds is 1. The fourth-order valence-corrected chi connectivity index (χ4v) is 0. The Morgan fingerprint density at radius 2 is 1.36 bits per heavy atom. The molecule has 64 valence electrons. The van der Waals surface area contributed by atoms with Gasteiger partial charge in [-0.2, -0.15) is 0 Å². The summed E-state index contributed by atoms with van der Waals surface area (Å²) in [5.74, 6) is 0.167. The number of allylic oxidation sites excluding steroid dienone is 1. The van der Waals surface area contributed by atoms with Gasteiger partial charge in [-0.15, -0.1) is 0 Å². The van der Waals surface area contributed by atoms with Crippen LogP contribution in [0.2, 0.25) is 0 Å². The third-order valence-electron chi connectivity index (χ3n) is 0.0962. The first kappa shape index (κ1) is 16.4. The van der Waals surface area contributed by atoms with E-state index >= 15 is 0 Å². The number of Topliss-reactive ketones (excluding diaryl/α,β-unsaturated/α-hetero) is 1. The Bertz CT molecular complexity index is 107. The predicted octanol–water partition coefficient (Wildman–Crippen LogP) is 1.17. The second kappa shape index (κ2) is 23.3. The Balaban J connectivity index is -0.0000000886. The first-order chi connectivity index (χ1) is 5.06. The molecule has 0 aliphatic rings. The SMILES string of the molecule is C=CC=O.CC(C)=O.CC=O. The molecule has 11 heavy (non-hydrogen) atoms. The highest BCUT2D eigenvalue weighted by Gasteiger charge is 1.62. The van der Waals surface area contributed by atoms with E-state index in [4.69, 9.17) is 9.59 Å². The van der Waals surface area contributed by atoms with Gasteiger partial charge in [0.1, 0.15) is 18.4 Å². The predicted molar refractivity (Wildman–Crippen MR) is 44.4 cm³/mol. The Morgan fingerprint density at radius 3 is 1.36 bits per heavy atom. The summed E-state index contributed by atoms with van der Waals surface area (Å²) >= 11 is 0. The Labute approximate surface area is 67.1 Å². The summed E-state index contributed by atoms with van der Waals surface area (Å²) in [5.41, 5.74) is 0. The first-order valence-corrected chi connectivity index (χ1v) is 2.99. The molecule has 0 saturated heterocycles. The van der Waals surface area contributed by atoms with E-state index in [1.165, 1.54) is 26.8 Å². The van der Waals surface area contributed by atoms with Crippen LogP contribution >= 0.6 is 0 Å². The minimum absolute atomic E-state index is 0.167. The van der Waals surface area contributed by atoms with Gasteiger partial charge in [-0.25, -0.2) is 0 Å².